The number of H-pyrrole nitrogens is 1. The minimum atomic E-state index is -0.403. The number of furan rings is 2. The van der Waals surface area contributed by atoms with Gasteiger partial charge < -0.3 is 28.8 Å². The lowest BCUT2D eigenvalue weighted by atomic mass is 10.1. The van der Waals surface area contributed by atoms with E-state index >= 15 is 0 Å². The first-order valence-corrected chi connectivity index (χ1v) is 9.02. The molecule has 0 aliphatic carbocycles. The van der Waals surface area contributed by atoms with Crippen molar-refractivity contribution in [2.45, 2.75) is 19.4 Å². The van der Waals surface area contributed by atoms with Crippen LogP contribution in [0.5, 0.6) is 5.75 Å². The number of hydrogen-bond donors (Lipinski definition) is 2. The Morgan fingerprint density at radius 1 is 0.963 bits per heavy atom. The van der Waals surface area contributed by atoms with E-state index in [0.717, 1.165) is 22.2 Å². The van der Waals surface area contributed by atoms with Crippen molar-refractivity contribution in [3.63, 3.8) is 0 Å². The lowest BCUT2D eigenvalue weighted by Crippen LogP contribution is -2.44. The van der Waals surface area contributed by atoms with Crippen LogP contribution >= 0.6 is 0 Å². The predicted molar refractivity (Wildman–Crippen MR) is 102 cm³/mol. The molecule has 0 radical (unpaired) electrons. The number of hydrogen-bond acceptors (Lipinski definition) is 4. The summed E-state index contributed by atoms with van der Waals surface area (Å²) in [6, 6.07) is 12.6. The second-order valence-corrected chi connectivity index (χ2v) is 6.87. The number of hydroxylamine groups is 3. The van der Waals surface area contributed by atoms with Gasteiger partial charge in [-0.05, 0) is 48.0 Å². The molecule has 0 aliphatic rings. The summed E-state index contributed by atoms with van der Waals surface area (Å²) < 4.78 is 10.4. The van der Waals surface area contributed by atoms with E-state index in [4.69, 9.17) is 8.83 Å². The van der Waals surface area contributed by atoms with Gasteiger partial charge in [0.15, 0.2) is 5.76 Å². The van der Waals surface area contributed by atoms with Gasteiger partial charge in [-0.15, -0.1) is 0 Å². The number of nitrogens with zero attached hydrogens (tertiary/aromatic N) is 1. The molecule has 27 heavy (non-hydrogen) atoms. The molecule has 0 fully saturated rings. The van der Waals surface area contributed by atoms with Crippen LogP contribution in [0.25, 0.3) is 10.9 Å². The molecule has 3 heterocycles. The fourth-order valence-electron chi connectivity index (χ4n) is 3.42. The molecule has 4 aromatic rings. The fourth-order valence-corrected chi connectivity index (χ4v) is 3.42. The number of nitrogens with one attached hydrogen (secondary N) is 1. The molecule has 1 unspecified atom stereocenters. The van der Waals surface area contributed by atoms with Crippen molar-refractivity contribution >= 4 is 10.9 Å². The maximum atomic E-state index is 13.5. The summed E-state index contributed by atoms with van der Waals surface area (Å²) in [5, 5.41) is 24.2. The zero-order valence-electron chi connectivity index (χ0n) is 14.9. The molecule has 0 saturated heterocycles. The number of fused-ring (bicyclic) bond motifs is 1. The average molecular weight is 366 g/mol. The van der Waals surface area contributed by atoms with Crippen molar-refractivity contribution in [1.82, 2.24) is 4.98 Å². The Labute approximate surface area is 156 Å². The number of aromatic nitrogens is 1. The highest BCUT2D eigenvalue weighted by atomic mass is 16.5. The van der Waals surface area contributed by atoms with E-state index in [1.165, 1.54) is 0 Å². The van der Waals surface area contributed by atoms with Gasteiger partial charge in [-0.2, -0.15) is 0 Å². The molecule has 0 amide bonds. The quantitative estimate of drug-likeness (QED) is 0.358. The van der Waals surface area contributed by atoms with Crippen LogP contribution in [0.3, 0.4) is 0 Å². The molecule has 6 heteroatoms. The topological polar surface area (TPSA) is 85.4 Å². The number of quaternary nitrogens is 1. The number of aromatic hydroxyl groups is 1. The molecule has 4 rings (SSSR count). The van der Waals surface area contributed by atoms with Crippen molar-refractivity contribution in [3.8, 4) is 5.75 Å². The van der Waals surface area contributed by atoms with Crippen LogP contribution < -0.4 is 0 Å². The van der Waals surface area contributed by atoms with Crippen molar-refractivity contribution in [1.29, 1.82) is 0 Å². The zero-order valence-corrected chi connectivity index (χ0v) is 14.9. The van der Waals surface area contributed by atoms with Crippen LogP contribution in [0.1, 0.15) is 17.1 Å². The number of phenols is 1. The highest BCUT2D eigenvalue weighted by molar-refractivity contribution is 5.84. The Morgan fingerprint density at radius 3 is 2.44 bits per heavy atom. The number of rotatable bonds is 8. The molecule has 140 valence electrons. The smallest absolute Gasteiger partial charge is 0.158 e. The van der Waals surface area contributed by atoms with Gasteiger partial charge in [0.05, 0.1) is 32.0 Å². The van der Waals surface area contributed by atoms with Crippen molar-refractivity contribution < 1.29 is 18.6 Å². The Bertz CT molecular complexity index is 989. The number of benzene rings is 1. The predicted octanol–water partition coefficient (Wildman–Crippen LogP) is 4.36. The molecule has 0 saturated carbocycles. The van der Waals surface area contributed by atoms with E-state index in [-0.39, 0.29) is 12.3 Å². The highest BCUT2D eigenvalue weighted by Crippen LogP contribution is 2.25. The van der Waals surface area contributed by atoms with Gasteiger partial charge in [0.1, 0.15) is 18.1 Å². The lowest BCUT2D eigenvalue weighted by molar-refractivity contribution is -0.894. The molecule has 1 atom stereocenters. The molecule has 0 aliphatic heterocycles. The summed E-state index contributed by atoms with van der Waals surface area (Å²) in [5.41, 5.74) is 1.98. The van der Waals surface area contributed by atoms with Crippen molar-refractivity contribution in [2.75, 3.05) is 13.1 Å². The van der Waals surface area contributed by atoms with Gasteiger partial charge in [0, 0.05) is 23.5 Å². The van der Waals surface area contributed by atoms with E-state index in [1.54, 1.807) is 30.7 Å². The fraction of sp³-hybridized carbons (Fsp3) is 0.238. The standard InChI is InChI=1S/C21H22N2O4/c24-17-5-6-21-20(13-17)16(14-22-21)7-9-23(25,15-19-4-2-12-27-19)10-8-18-3-1-11-26-18/h1-6,11-14,22,24H,7-10,15H2. The molecule has 2 N–H and O–H groups in total. The van der Waals surface area contributed by atoms with E-state index in [0.29, 0.717) is 31.7 Å². The van der Waals surface area contributed by atoms with Crippen molar-refractivity contribution in [2.24, 2.45) is 0 Å². The highest BCUT2D eigenvalue weighted by Gasteiger charge is 2.21. The van der Waals surface area contributed by atoms with E-state index in [1.807, 2.05) is 30.5 Å². The van der Waals surface area contributed by atoms with Gasteiger partial charge in [0.25, 0.3) is 0 Å². The normalized spacial score (nSPS) is 13.8. The maximum absolute atomic E-state index is 13.5. The largest absolute Gasteiger partial charge is 0.632 e. The minimum absolute atomic E-state index is 0.222. The Morgan fingerprint density at radius 2 is 1.70 bits per heavy atom. The van der Waals surface area contributed by atoms with Crippen molar-refractivity contribution in [3.05, 3.63) is 83.5 Å². The van der Waals surface area contributed by atoms with Crippen LogP contribution in [0.4, 0.5) is 0 Å². The third-order valence-corrected chi connectivity index (χ3v) is 4.91. The molecule has 6 nitrogen and oxygen atoms in total. The van der Waals surface area contributed by atoms with E-state index in [2.05, 4.69) is 4.98 Å². The van der Waals surface area contributed by atoms with Gasteiger partial charge in [-0.1, -0.05) is 0 Å². The maximum Gasteiger partial charge on any atom is 0.158 e. The molecular weight excluding hydrogens is 344 g/mol. The Kier molecular flexibility index (Phi) is 4.75. The number of aromatic amines is 1. The summed E-state index contributed by atoms with van der Waals surface area (Å²) in [7, 11) is 0. The van der Waals surface area contributed by atoms with E-state index < -0.39 is 4.65 Å². The third kappa shape index (κ3) is 4.07. The SMILES string of the molecule is [O-][N+](CCc1ccco1)(CCc1c[nH]c2ccc(O)cc12)Cc1ccco1. The molecule has 3 aromatic heterocycles. The molecule has 0 bridgehead atoms. The van der Waals surface area contributed by atoms with Gasteiger partial charge in [-0.3, -0.25) is 0 Å². The monoisotopic (exact) mass is 366 g/mol. The van der Waals surface area contributed by atoms with Crippen LogP contribution in [0.15, 0.2) is 70.0 Å². The van der Waals surface area contributed by atoms with Gasteiger partial charge >= 0.3 is 0 Å². The van der Waals surface area contributed by atoms with Crippen LogP contribution in [-0.2, 0) is 19.4 Å². The minimum Gasteiger partial charge on any atom is -0.632 e. The second kappa shape index (κ2) is 7.34. The first kappa shape index (κ1) is 17.5. The second-order valence-electron chi connectivity index (χ2n) is 6.87. The van der Waals surface area contributed by atoms with Gasteiger partial charge in [-0.25, -0.2) is 0 Å². The summed E-state index contributed by atoms with van der Waals surface area (Å²) in [6.07, 6.45) is 6.31. The van der Waals surface area contributed by atoms with Crippen LogP contribution in [-0.4, -0.2) is 27.8 Å². The molecule has 0 spiro atoms. The summed E-state index contributed by atoms with van der Waals surface area (Å²) in [4.78, 5) is 3.20. The summed E-state index contributed by atoms with van der Waals surface area (Å²) >= 11 is 0. The Hall–Kier alpha value is -2.96. The van der Waals surface area contributed by atoms with E-state index in [9.17, 15) is 10.3 Å². The molecule has 1 aromatic carbocycles. The Balaban J connectivity index is 1.51. The first-order chi connectivity index (χ1) is 13.1. The number of phenolic OH excluding ortho intramolecular Hbond substituents is 1. The zero-order chi connectivity index (χ0) is 18.7. The molecular formula is C21H22N2O4. The van der Waals surface area contributed by atoms with Crippen LogP contribution in [0, 0.1) is 5.21 Å². The third-order valence-electron chi connectivity index (χ3n) is 4.91. The van der Waals surface area contributed by atoms with Crippen LogP contribution in [0.2, 0.25) is 0 Å². The summed E-state index contributed by atoms with van der Waals surface area (Å²) in [5.74, 6) is 1.71. The van der Waals surface area contributed by atoms with Gasteiger partial charge in [0.2, 0.25) is 0 Å². The average Bonchev–Trinajstić information content (AvgIpc) is 3.41. The lowest BCUT2D eigenvalue weighted by Gasteiger charge is -2.42. The summed E-state index contributed by atoms with van der Waals surface area (Å²) in [6.45, 7) is 1.09. The first-order valence-electron chi connectivity index (χ1n) is 9.02.